The molecule has 1 saturated carbocycles. The molecule has 2 aromatic rings. The summed E-state index contributed by atoms with van der Waals surface area (Å²) >= 11 is 0. The van der Waals surface area contributed by atoms with Crippen molar-refractivity contribution in [2.45, 2.75) is 25.4 Å². The average molecular weight is 381 g/mol. The second-order valence-electron chi connectivity index (χ2n) is 7.21. The van der Waals surface area contributed by atoms with E-state index >= 15 is 0 Å². The highest BCUT2D eigenvalue weighted by Crippen LogP contribution is 2.33. The van der Waals surface area contributed by atoms with Crippen LogP contribution in [0.25, 0.3) is 0 Å². The number of morpholine rings is 1. The van der Waals surface area contributed by atoms with Crippen LogP contribution < -0.4 is 4.90 Å². The second-order valence-corrected chi connectivity index (χ2v) is 7.21. The number of non-ortho nitro benzene ring substituents is 1. The molecular weight excluding hydrogens is 358 g/mol. The highest BCUT2D eigenvalue weighted by atomic mass is 16.6. The fraction of sp³-hybridized carbons (Fsp3) is 0.381. The summed E-state index contributed by atoms with van der Waals surface area (Å²) in [5.41, 5.74) is 2.15. The maximum Gasteiger partial charge on any atom is 0.270 e. The number of benzene rings is 2. The molecule has 2 aromatic carbocycles. The highest BCUT2D eigenvalue weighted by molar-refractivity contribution is 6.01. The van der Waals surface area contributed by atoms with E-state index in [4.69, 9.17) is 4.74 Å². The number of nitro benzene ring substituents is 1. The average Bonchev–Trinajstić information content (AvgIpc) is 3.57. The van der Waals surface area contributed by atoms with Crippen LogP contribution in [0.5, 0.6) is 0 Å². The first-order valence-electron chi connectivity index (χ1n) is 9.59. The van der Waals surface area contributed by atoms with Crippen molar-refractivity contribution in [3.63, 3.8) is 0 Å². The van der Waals surface area contributed by atoms with Gasteiger partial charge in [0.25, 0.3) is 11.6 Å². The number of anilines is 1. The Morgan fingerprint density at radius 1 is 1.14 bits per heavy atom. The van der Waals surface area contributed by atoms with E-state index < -0.39 is 4.92 Å². The van der Waals surface area contributed by atoms with Crippen molar-refractivity contribution in [3.05, 3.63) is 69.8 Å². The van der Waals surface area contributed by atoms with Crippen molar-refractivity contribution in [2.24, 2.45) is 0 Å². The molecule has 4 rings (SSSR count). The Labute approximate surface area is 163 Å². The molecule has 0 unspecified atom stereocenters. The van der Waals surface area contributed by atoms with Gasteiger partial charge in [-0.15, -0.1) is 0 Å². The van der Waals surface area contributed by atoms with Crippen LogP contribution in [0.4, 0.5) is 11.4 Å². The standard InChI is InChI=1S/C21H23N3O4/c25-21(23(17-6-7-17)15-16-4-2-1-3-5-16)19-14-18(24(26)27)8-9-20(19)22-10-12-28-13-11-22/h1-5,8-9,14,17H,6-7,10-13,15H2. The Kier molecular flexibility index (Phi) is 5.25. The van der Waals surface area contributed by atoms with Crippen LogP contribution in [0.2, 0.25) is 0 Å². The van der Waals surface area contributed by atoms with Gasteiger partial charge in [0, 0.05) is 37.8 Å². The van der Waals surface area contributed by atoms with E-state index in [0.29, 0.717) is 38.4 Å². The Morgan fingerprint density at radius 3 is 2.50 bits per heavy atom. The van der Waals surface area contributed by atoms with Gasteiger partial charge in [0.05, 0.1) is 29.4 Å². The monoisotopic (exact) mass is 381 g/mol. The summed E-state index contributed by atoms with van der Waals surface area (Å²) in [6.45, 7) is 3.01. The number of hydrogen-bond acceptors (Lipinski definition) is 5. The SMILES string of the molecule is O=C(c1cc([N+](=O)[O-])ccc1N1CCOCC1)N(Cc1ccccc1)C1CC1. The Hall–Kier alpha value is -2.93. The molecule has 1 amide bonds. The Morgan fingerprint density at radius 2 is 1.86 bits per heavy atom. The van der Waals surface area contributed by atoms with Gasteiger partial charge < -0.3 is 14.5 Å². The minimum atomic E-state index is -0.446. The van der Waals surface area contributed by atoms with Crippen LogP contribution in [0.3, 0.4) is 0 Å². The van der Waals surface area contributed by atoms with E-state index in [1.807, 2.05) is 35.2 Å². The first-order valence-corrected chi connectivity index (χ1v) is 9.59. The molecular formula is C21H23N3O4. The van der Waals surface area contributed by atoms with Gasteiger partial charge in [-0.1, -0.05) is 30.3 Å². The van der Waals surface area contributed by atoms with Gasteiger partial charge in [-0.3, -0.25) is 14.9 Å². The van der Waals surface area contributed by atoms with Crippen molar-refractivity contribution >= 4 is 17.3 Å². The van der Waals surface area contributed by atoms with E-state index in [2.05, 4.69) is 4.90 Å². The molecule has 2 fully saturated rings. The predicted octanol–water partition coefficient (Wildman–Crippen LogP) is 3.24. The molecule has 1 aliphatic heterocycles. The Bertz CT molecular complexity index is 861. The number of amides is 1. The lowest BCUT2D eigenvalue weighted by molar-refractivity contribution is -0.384. The van der Waals surface area contributed by atoms with Crippen LogP contribution >= 0.6 is 0 Å². The van der Waals surface area contributed by atoms with Crippen molar-refractivity contribution in [3.8, 4) is 0 Å². The molecule has 7 nitrogen and oxygen atoms in total. The number of rotatable bonds is 6. The third-order valence-electron chi connectivity index (χ3n) is 5.22. The number of carbonyl (C=O) groups is 1. The fourth-order valence-electron chi connectivity index (χ4n) is 3.58. The maximum absolute atomic E-state index is 13.5. The number of nitro groups is 1. The van der Waals surface area contributed by atoms with E-state index in [0.717, 1.165) is 24.1 Å². The molecule has 2 aliphatic rings. The largest absolute Gasteiger partial charge is 0.378 e. The van der Waals surface area contributed by atoms with Crippen molar-refractivity contribution in [1.29, 1.82) is 0 Å². The molecule has 1 saturated heterocycles. The van der Waals surface area contributed by atoms with E-state index in [1.165, 1.54) is 12.1 Å². The molecule has 0 spiro atoms. The summed E-state index contributed by atoms with van der Waals surface area (Å²) in [6, 6.07) is 14.7. The van der Waals surface area contributed by atoms with E-state index in [9.17, 15) is 14.9 Å². The third kappa shape index (κ3) is 3.99. The molecule has 7 heteroatoms. The van der Waals surface area contributed by atoms with Crippen molar-refractivity contribution in [1.82, 2.24) is 4.90 Å². The van der Waals surface area contributed by atoms with Gasteiger partial charge in [-0.25, -0.2) is 0 Å². The minimum Gasteiger partial charge on any atom is -0.378 e. The number of hydrogen-bond donors (Lipinski definition) is 0. The van der Waals surface area contributed by atoms with Crippen LogP contribution in [0, 0.1) is 10.1 Å². The summed E-state index contributed by atoms with van der Waals surface area (Å²) in [5.74, 6) is -0.142. The number of nitrogens with zero attached hydrogens (tertiary/aromatic N) is 3. The van der Waals surface area contributed by atoms with Gasteiger partial charge in [0.1, 0.15) is 0 Å². The zero-order valence-corrected chi connectivity index (χ0v) is 15.6. The van der Waals surface area contributed by atoms with Crippen molar-refractivity contribution in [2.75, 3.05) is 31.2 Å². The molecule has 0 bridgehead atoms. The molecule has 0 aromatic heterocycles. The smallest absolute Gasteiger partial charge is 0.270 e. The first-order chi connectivity index (χ1) is 13.6. The maximum atomic E-state index is 13.5. The van der Waals surface area contributed by atoms with E-state index in [1.54, 1.807) is 6.07 Å². The Balaban J connectivity index is 1.68. The van der Waals surface area contributed by atoms with Gasteiger partial charge in [-0.05, 0) is 24.5 Å². The molecule has 1 heterocycles. The number of carbonyl (C=O) groups excluding carboxylic acids is 1. The molecule has 146 valence electrons. The van der Waals surface area contributed by atoms with Gasteiger partial charge in [-0.2, -0.15) is 0 Å². The van der Waals surface area contributed by atoms with E-state index in [-0.39, 0.29) is 17.6 Å². The molecule has 1 aliphatic carbocycles. The quantitative estimate of drug-likeness (QED) is 0.567. The normalized spacial score (nSPS) is 16.6. The van der Waals surface area contributed by atoms with Crippen LogP contribution in [0.1, 0.15) is 28.8 Å². The van der Waals surface area contributed by atoms with Crippen LogP contribution in [-0.4, -0.2) is 48.1 Å². The van der Waals surface area contributed by atoms with Gasteiger partial charge in [0.15, 0.2) is 0 Å². The lowest BCUT2D eigenvalue weighted by Gasteiger charge is -2.31. The first kappa shape index (κ1) is 18.4. The fourth-order valence-corrected chi connectivity index (χ4v) is 3.58. The molecule has 28 heavy (non-hydrogen) atoms. The van der Waals surface area contributed by atoms with Crippen LogP contribution in [-0.2, 0) is 11.3 Å². The number of ether oxygens (including phenoxy) is 1. The molecule has 0 atom stereocenters. The summed E-state index contributed by atoms with van der Waals surface area (Å²) in [7, 11) is 0. The zero-order valence-electron chi connectivity index (χ0n) is 15.6. The zero-order chi connectivity index (χ0) is 19.5. The lowest BCUT2D eigenvalue weighted by atomic mass is 10.1. The minimum absolute atomic E-state index is 0.0594. The molecule has 0 radical (unpaired) electrons. The summed E-state index contributed by atoms with van der Waals surface area (Å²) < 4.78 is 5.41. The summed E-state index contributed by atoms with van der Waals surface area (Å²) in [5, 5.41) is 11.3. The van der Waals surface area contributed by atoms with Crippen LogP contribution in [0.15, 0.2) is 48.5 Å². The van der Waals surface area contributed by atoms with Gasteiger partial charge >= 0.3 is 0 Å². The predicted molar refractivity (Wildman–Crippen MR) is 105 cm³/mol. The molecule has 0 N–H and O–H groups in total. The summed E-state index contributed by atoms with van der Waals surface area (Å²) in [6.07, 6.45) is 1.95. The summed E-state index contributed by atoms with van der Waals surface area (Å²) in [4.78, 5) is 28.3. The highest BCUT2D eigenvalue weighted by Gasteiger charge is 2.35. The van der Waals surface area contributed by atoms with Gasteiger partial charge in [0.2, 0.25) is 0 Å². The van der Waals surface area contributed by atoms with Crippen molar-refractivity contribution < 1.29 is 14.5 Å². The topological polar surface area (TPSA) is 75.9 Å². The third-order valence-corrected chi connectivity index (χ3v) is 5.22. The lowest BCUT2D eigenvalue weighted by Crippen LogP contribution is -2.39. The second kappa shape index (κ2) is 7.98.